The molecule has 0 aliphatic heterocycles. The minimum atomic E-state index is -3.92. The molecule has 0 aliphatic carbocycles. The van der Waals surface area contributed by atoms with Gasteiger partial charge in [-0.25, -0.2) is 17.5 Å². The standard InChI is InChI=1S/C12H19FN2O4S.ClH/c1-14-5-4-6-15-20(16,17)12-8-11(19-3)10(18-2)7-9(12)13;/h7-8,14-15H,4-6H2,1-3H3;1H. The third-order valence-electron chi connectivity index (χ3n) is 2.62. The van der Waals surface area contributed by atoms with E-state index in [9.17, 15) is 12.8 Å². The summed E-state index contributed by atoms with van der Waals surface area (Å²) in [5.74, 6) is -0.590. The van der Waals surface area contributed by atoms with E-state index in [1.165, 1.54) is 14.2 Å². The highest BCUT2D eigenvalue weighted by atomic mass is 35.5. The Bertz CT molecular complexity index is 554. The van der Waals surface area contributed by atoms with Crippen LogP contribution < -0.4 is 19.5 Å². The van der Waals surface area contributed by atoms with Gasteiger partial charge in [0.1, 0.15) is 10.7 Å². The molecule has 0 fully saturated rings. The summed E-state index contributed by atoms with van der Waals surface area (Å²) in [6.45, 7) is 0.883. The normalized spacial score (nSPS) is 10.9. The van der Waals surface area contributed by atoms with Crippen molar-refractivity contribution in [2.75, 3.05) is 34.4 Å². The van der Waals surface area contributed by atoms with Gasteiger partial charge in [-0.15, -0.1) is 12.4 Å². The van der Waals surface area contributed by atoms with Crippen molar-refractivity contribution in [2.24, 2.45) is 0 Å². The third kappa shape index (κ3) is 5.31. The smallest absolute Gasteiger partial charge is 0.243 e. The molecule has 0 radical (unpaired) electrons. The quantitative estimate of drug-likeness (QED) is 0.693. The zero-order chi connectivity index (χ0) is 15.2. The molecule has 21 heavy (non-hydrogen) atoms. The summed E-state index contributed by atoms with van der Waals surface area (Å²) in [5, 5.41) is 2.89. The number of nitrogens with one attached hydrogen (secondary N) is 2. The van der Waals surface area contributed by atoms with Crippen LogP contribution in [-0.2, 0) is 10.0 Å². The van der Waals surface area contributed by atoms with Crippen molar-refractivity contribution < 1.29 is 22.3 Å². The van der Waals surface area contributed by atoms with Crippen molar-refractivity contribution in [1.29, 1.82) is 0 Å². The first-order chi connectivity index (χ1) is 9.46. The summed E-state index contributed by atoms with van der Waals surface area (Å²) in [7, 11) is 0.551. The van der Waals surface area contributed by atoms with E-state index < -0.39 is 20.7 Å². The molecule has 1 aromatic rings. The maximum Gasteiger partial charge on any atom is 0.243 e. The van der Waals surface area contributed by atoms with E-state index >= 15 is 0 Å². The molecule has 122 valence electrons. The van der Waals surface area contributed by atoms with E-state index in [0.29, 0.717) is 13.0 Å². The highest BCUT2D eigenvalue weighted by molar-refractivity contribution is 7.89. The first-order valence-electron chi connectivity index (χ1n) is 6.02. The monoisotopic (exact) mass is 342 g/mol. The fourth-order valence-corrected chi connectivity index (χ4v) is 2.74. The maximum atomic E-state index is 13.9. The summed E-state index contributed by atoms with van der Waals surface area (Å²) >= 11 is 0. The van der Waals surface area contributed by atoms with Crippen molar-refractivity contribution in [1.82, 2.24) is 10.0 Å². The van der Waals surface area contributed by atoms with Crippen LogP contribution in [0.15, 0.2) is 17.0 Å². The van der Waals surface area contributed by atoms with E-state index in [1.54, 1.807) is 7.05 Å². The summed E-state index contributed by atoms with van der Waals surface area (Å²) in [5.41, 5.74) is 0. The molecule has 0 saturated heterocycles. The van der Waals surface area contributed by atoms with Crippen LogP contribution in [0.5, 0.6) is 11.5 Å². The number of methoxy groups -OCH3 is 2. The minimum Gasteiger partial charge on any atom is -0.493 e. The largest absolute Gasteiger partial charge is 0.493 e. The van der Waals surface area contributed by atoms with Gasteiger partial charge in [0.05, 0.1) is 14.2 Å². The molecule has 9 heteroatoms. The van der Waals surface area contributed by atoms with E-state index in [2.05, 4.69) is 10.0 Å². The van der Waals surface area contributed by atoms with E-state index in [-0.39, 0.29) is 30.5 Å². The Morgan fingerprint density at radius 1 is 1.14 bits per heavy atom. The average molecular weight is 343 g/mol. The molecule has 2 N–H and O–H groups in total. The second-order valence-electron chi connectivity index (χ2n) is 3.99. The number of benzene rings is 1. The van der Waals surface area contributed by atoms with Gasteiger partial charge >= 0.3 is 0 Å². The van der Waals surface area contributed by atoms with Crippen LogP contribution in [0.4, 0.5) is 4.39 Å². The van der Waals surface area contributed by atoms with E-state index in [0.717, 1.165) is 12.1 Å². The van der Waals surface area contributed by atoms with Crippen LogP contribution in [0.1, 0.15) is 6.42 Å². The molecule has 1 aromatic carbocycles. The van der Waals surface area contributed by atoms with Gasteiger partial charge in [0.2, 0.25) is 10.0 Å². The van der Waals surface area contributed by atoms with Gasteiger partial charge in [-0.2, -0.15) is 0 Å². The number of sulfonamides is 1. The van der Waals surface area contributed by atoms with E-state index in [1.807, 2.05) is 0 Å². The zero-order valence-corrected chi connectivity index (χ0v) is 13.7. The van der Waals surface area contributed by atoms with Crippen LogP contribution in [-0.4, -0.2) is 42.8 Å². The molecule has 6 nitrogen and oxygen atoms in total. The Morgan fingerprint density at radius 3 is 2.24 bits per heavy atom. The van der Waals surface area contributed by atoms with E-state index in [4.69, 9.17) is 9.47 Å². The van der Waals surface area contributed by atoms with Crippen LogP contribution in [0.3, 0.4) is 0 Å². The lowest BCUT2D eigenvalue weighted by atomic mass is 10.3. The second kappa shape index (κ2) is 9.04. The molecule has 0 amide bonds. The van der Waals surface area contributed by atoms with Crippen molar-refractivity contribution in [2.45, 2.75) is 11.3 Å². The maximum absolute atomic E-state index is 13.9. The second-order valence-corrected chi connectivity index (χ2v) is 5.73. The molecule has 0 atom stereocenters. The van der Waals surface area contributed by atoms with Crippen LogP contribution in [0.2, 0.25) is 0 Å². The summed E-state index contributed by atoms with van der Waals surface area (Å²) in [4.78, 5) is -0.459. The van der Waals surface area contributed by atoms with Crippen LogP contribution >= 0.6 is 12.4 Å². The third-order valence-corrected chi connectivity index (χ3v) is 4.10. The fourth-order valence-electron chi connectivity index (χ4n) is 1.59. The Morgan fingerprint density at radius 2 is 1.71 bits per heavy atom. The molecule has 0 heterocycles. The Labute approximate surface area is 130 Å². The van der Waals surface area contributed by atoms with Gasteiger partial charge in [-0.1, -0.05) is 0 Å². The molecule has 1 rings (SSSR count). The molecule has 0 saturated carbocycles. The first kappa shape index (κ1) is 19.9. The first-order valence-corrected chi connectivity index (χ1v) is 7.50. The highest BCUT2D eigenvalue weighted by Gasteiger charge is 2.22. The Hall–Kier alpha value is -1.09. The van der Waals surface area contributed by atoms with Gasteiger partial charge in [-0.3, -0.25) is 0 Å². The van der Waals surface area contributed by atoms with Crippen molar-refractivity contribution in [3.05, 3.63) is 17.9 Å². The molecule has 0 bridgehead atoms. The SMILES string of the molecule is CNCCCNS(=O)(=O)c1cc(OC)c(OC)cc1F.Cl. The molecular weight excluding hydrogens is 323 g/mol. The highest BCUT2D eigenvalue weighted by Crippen LogP contribution is 2.31. The van der Waals surface area contributed by atoms with Crippen molar-refractivity contribution >= 4 is 22.4 Å². The number of hydrogen-bond acceptors (Lipinski definition) is 5. The molecular formula is C12H20ClFN2O4S. The van der Waals surface area contributed by atoms with Gasteiger partial charge in [-0.05, 0) is 20.0 Å². The lowest BCUT2D eigenvalue weighted by molar-refractivity contribution is 0.350. The number of halogens is 2. The number of rotatable bonds is 8. The summed E-state index contributed by atoms with van der Waals surface area (Å²) in [6.07, 6.45) is 0.602. The minimum absolute atomic E-state index is 0. The van der Waals surface area contributed by atoms with Crippen molar-refractivity contribution in [3.63, 3.8) is 0 Å². The zero-order valence-electron chi connectivity index (χ0n) is 12.1. The molecule has 0 aromatic heterocycles. The summed E-state index contributed by atoms with van der Waals surface area (Å²) in [6, 6.07) is 2.09. The molecule has 0 spiro atoms. The fraction of sp³-hybridized carbons (Fsp3) is 0.500. The predicted molar refractivity (Wildman–Crippen MR) is 80.5 cm³/mol. The summed E-state index contributed by atoms with van der Waals surface area (Å²) < 4.78 is 50.1. The van der Waals surface area contributed by atoms with Crippen molar-refractivity contribution in [3.8, 4) is 11.5 Å². The van der Waals surface area contributed by atoms with Gasteiger partial charge in [0, 0.05) is 18.7 Å². The lowest BCUT2D eigenvalue weighted by Gasteiger charge is -2.12. The van der Waals surface area contributed by atoms with Crippen LogP contribution in [0.25, 0.3) is 0 Å². The van der Waals surface area contributed by atoms with Gasteiger partial charge < -0.3 is 14.8 Å². The lowest BCUT2D eigenvalue weighted by Crippen LogP contribution is -2.27. The topological polar surface area (TPSA) is 76.7 Å². The number of hydrogen-bond donors (Lipinski definition) is 2. The molecule has 0 unspecified atom stereocenters. The van der Waals surface area contributed by atoms with Gasteiger partial charge in [0.15, 0.2) is 11.5 Å². The predicted octanol–water partition coefficient (Wildman–Crippen LogP) is 1.15. The number of ether oxygens (including phenoxy) is 2. The van der Waals surface area contributed by atoms with Crippen LogP contribution in [0, 0.1) is 5.82 Å². The molecule has 0 aliphatic rings. The average Bonchev–Trinajstić information content (AvgIpc) is 2.43. The Balaban J connectivity index is 0.00000400. The Kier molecular flexibility index (Phi) is 8.57. The van der Waals surface area contributed by atoms with Gasteiger partial charge in [0.25, 0.3) is 0 Å².